The summed E-state index contributed by atoms with van der Waals surface area (Å²) >= 11 is 5.77. The normalized spacial score (nSPS) is 15.1. The van der Waals surface area contributed by atoms with E-state index >= 15 is 0 Å². The molecule has 1 saturated carbocycles. The molecule has 0 radical (unpaired) electrons. The third-order valence-corrected chi connectivity index (χ3v) is 4.16. The molecule has 112 valence electrons. The monoisotopic (exact) mass is 329 g/mol. The molecule has 1 aromatic carbocycles. The first-order valence-electron chi connectivity index (χ1n) is 6.21. The van der Waals surface area contributed by atoms with Gasteiger partial charge in [-0.3, -0.25) is 0 Å². The molecule has 7 nitrogen and oxygen atoms in total. The molecular weight excluding hydrogens is 318 g/mol. The van der Waals surface area contributed by atoms with Crippen molar-refractivity contribution in [3.05, 3.63) is 34.9 Å². The summed E-state index contributed by atoms with van der Waals surface area (Å²) in [5.41, 5.74) is 0. The number of rotatable bonds is 5. The van der Waals surface area contributed by atoms with Gasteiger partial charge in [-0.15, -0.1) is 0 Å². The molecule has 1 aromatic heterocycles. The minimum atomic E-state index is -3.93. The molecule has 9 heteroatoms. The lowest BCUT2D eigenvalue weighted by atomic mass is 10.3. The van der Waals surface area contributed by atoms with Gasteiger partial charge in [0, 0.05) is 10.9 Å². The molecule has 1 aliphatic carbocycles. The second kappa shape index (κ2) is 5.28. The van der Waals surface area contributed by atoms with Crippen LogP contribution in [0.4, 0.5) is 0 Å². The average Bonchev–Trinajstić information content (AvgIpc) is 3.16. The summed E-state index contributed by atoms with van der Waals surface area (Å²) < 4.78 is 33.5. The maximum Gasteiger partial charge on any atom is 0.264 e. The standard InChI is InChI=1S/C12H12ClN3O4S/c13-8-3-4-9(10(5-8)21(14,17)18)19-6-11-15-12(16-20-11)7-1-2-7/h3-5,7H,1-2,6H2,(H2,14,17,18). The van der Waals surface area contributed by atoms with E-state index in [1.165, 1.54) is 18.2 Å². The Kier molecular flexibility index (Phi) is 3.60. The van der Waals surface area contributed by atoms with E-state index in [-0.39, 0.29) is 28.2 Å². The number of sulfonamides is 1. The number of aromatic nitrogens is 2. The van der Waals surface area contributed by atoms with E-state index < -0.39 is 10.0 Å². The van der Waals surface area contributed by atoms with Crippen molar-refractivity contribution in [3.8, 4) is 5.75 Å². The van der Waals surface area contributed by atoms with Crippen molar-refractivity contribution in [1.29, 1.82) is 0 Å². The molecule has 1 aliphatic rings. The van der Waals surface area contributed by atoms with Crippen LogP contribution in [0.15, 0.2) is 27.6 Å². The Bertz CT molecular complexity index is 771. The third-order valence-electron chi connectivity index (χ3n) is 2.99. The average molecular weight is 330 g/mol. The molecule has 0 saturated heterocycles. The fourth-order valence-electron chi connectivity index (χ4n) is 1.80. The van der Waals surface area contributed by atoms with Gasteiger partial charge in [-0.1, -0.05) is 16.8 Å². The first-order valence-corrected chi connectivity index (χ1v) is 8.13. The van der Waals surface area contributed by atoms with Crippen LogP contribution in [0.3, 0.4) is 0 Å². The minimum absolute atomic E-state index is 0.0378. The molecule has 0 bridgehead atoms. The number of ether oxygens (including phenoxy) is 1. The summed E-state index contributed by atoms with van der Waals surface area (Å²) in [5, 5.41) is 9.23. The molecule has 0 aliphatic heterocycles. The quantitative estimate of drug-likeness (QED) is 0.896. The van der Waals surface area contributed by atoms with E-state index in [4.69, 9.17) is 26.0 Å². The van der Waals surface area contributed by atoms with Crippen LogP contribution in [0.25, 0.3) is 0 Å². The van der Waals surface area contributed by atoms with Crippen LogP contribution in [-0.4, -0.2) is 18.6 Å². The fourth-order valence-corrected chi connectivity index (χ4v) is 2.73. The lowest BCUT2D eigenvalue weighted by Crippen LogP contribution is -2.14. The van der Waals surface area contributed by atoms with Gasteiger partial charge in [-0.05, 0) is 31.0 Å². The number of nitrogens with two attached hydrogens (primary N) is 1. The lowest BCUT2D eigenvalue weighted by Gasteiger charge is -2.08. The van der Waals surface area contributed by atoms with E-state index in [1.54, 1.807) is 0 Å². The fraction of sp³-hybridized carbons (Fsp3) is 0.333. The minimum Gasteiger partial charge on any atom is -0.482 e. The summed E-state index contributed by atoms with van der Waals surface area (Å²) in [5.74, 6) is 1.41. The molecule has 1 heterocycles. The third kappa shape index (κ3) is 3.34. The highest BCUT2D eigenvalue weighted by molar-refractivity contribution is 7.89. The highest BCUT2D eigenvalue weighted by Crippen LogP contribution is 2.38. The second-order valence-electron chi connectivity index (χ2n) is 4.75. The highest BCUT2D eigenvalue weighted by atomic mass is 35.5. The van der Waals surface area contributed by atoms with Crippen LogP contribution in [0.1, 0.15) is 30.5 Å². The molecule has 0 amide bonds. The highest BCUT2D eigenvalue weighted by Gasteiger charge is 2.28. The van der Waals surface area contributed by atoms with Crippen molar-refractivity contribution in [3.63, 3.8) is 0 Å². The van der Waals surface area contributed by atoms with Gasteiger partial charge in [0.2, 0.25) is 10.0 Å². The van der Waals surface area contributed by atoms with Crippen LogP contribution in [0, 0.1) is 0 Å². The number of halogens is 1. The van der Waals surface area contributed by atoms with Crippen molar-refractivity contribution in [2.45, 2.75) is 30.3 Å². The Morgan fingerprint density at radius 1 is 1.43 bits per heavy atom. The van der Waals surface area contributed by atoms with Gasteiger partial charge in [-0.2, -0.15) is 4.98 Å². The van der Waals surface area contributed by atoms with E-state index in [1.807, 2.05) is 0 Å². The predicted molar refractivity (Wildman–Crippen MR) is 73.4 cm³/mol. The molecule has 3 rings (SSSR count). The van der Waals surface area contributed by atoms with Gasteiger partial charge in [0.15, 0.2) is 12.4 Å². The van der Waals surface area contributed by atoms with E-state index in [9.17, 15) is 8.42 Å². The number of hydrogen-bond donors (Lipinski definition) is 1. The molecule has 2 N–H and O–H groups in total. The molecule has 0 spiro atoms. The van der Waals surface area contributed by atoms with Crippen LogP contribution in [-0.2, 0) is 16.6 Å². The van der Waals surface area contributed by atoms with Crippen molar-refractivity contribution < 1.29 is 17.7 Å². The second-order valence-corrected chi connectivity index (χ2v) is 6.71. The van der Waals surface area contributed by atoms with Crippen LogP contribution in [0.5, 0.6) is 5.75 Å². The summed E-state index contributed by atoms with van der Waals surface area (Å²) in [6, 6.07) is 4.17. The zero-order chi connectivity index (χ0) is 15.0. The summed E-state index contributed by atoms with van der Waals surface area (Å²) in [6.45, 7) is -0.0378. The maximum atomic E-state index is 11.5. The zero-order valence-corrected chi connectivity index (χ0v) is 12.4. The number of primary sulfonamides is 1. The topological polar surface area (TPSA) is 108 Å². The van der Waals surface area contributed by atoms with Crippen LogP contribution in [0.2, 0.25) is 5.02 Å². The largest absolute Gasteiger partial charge is 0.482 e. The lowest BCUT2D eigenvalue weighted by molar-refractivity contribution is 0.237. The van der Waals surface area contributed by atoms with Crippen LogP contribution >= 0.6 is 11.6 Å². The summed E-state index contributed by atoms with van der Waals surface area (Å²) in [4.78, 5) is 4.00. The summed E-state index contributed by atoms with van der Waals surface area (Å²) in [6.07, 6.45) is 2.12. The number of nitrogens with zero attached hydrogens (tertiary/aromatic N) is 2. The zero-order valence-electron chi connectivity index (χ0n) is 10.8. The molecule has 0 unspecified atom stereocenters. The van der Waals surface area contributed by atoms with Crippen molar-refractivity contribution in [1.82, 2.24) is 10.1 Å². The SMILES string of the molecule is NS(=O)(=O)c1cc(Cl)ccc1OCc1nc(C2CC2)no1. The maximum absolute atomic E-state index is 11.5. The number of hydrogen-bond acceptors (Lipinski definition) is 6. The Labute approximate surface area is 126 Å². The number of benzene rings is 1. The van der Waals surface area contributed by atoms with Gasteiger partial charge >= 0.3 is 0 Å². The smallest absolute Gasteiger partial charge is 0.264 e. The Hall–Kier alpha value is -1.64. The van der Waals surface area contributed by atoms with E-state index in [0.29, 0.717) is 11.7 Å². The molecule has 2 aromatic rings. The van der Waals surface area contributed by atoms with E-state index in [2.05, 4.69) is 10.1 Å². The Balaban J connectivity index is 1.77. The molecule has 21 heavy (non-hydrogen) atoms. The van der Waals surface area contributed by atoms with Gasteiger partial charge in [0.05, 0.1) is 0 Å². The van der Waals surface area contributed by atoms with Gasteiger partial charge in [-0.25, -0.2) is 13.6 Å². The van der Waals surface area contributed by atoms with Gasteiger partial charge in [0.25, 0.3) is 5.89 Å². The Morgan fingerprint density at radius 2 is 2.19 bits per heavy atom. The molecule has 0 atom stereocenters. The first-order chi connectivity index (χ1) is 9.93. The molecule has 1 fully saturated rings. The van der Waals surface area contributed by atoms with Crippen molar-refractivity contribution >= 4 is 21.6 Å². The summed E-state index contributed by atoms with van der Waals surface area (Å²) in [7, 11) is -3.93. The molecular formula is C12H12ClN3O4S. The van der Waals surface area contributed by atoms with Gasteiger partial charge < -0.3 is 9.26 Å². The van der Waals surface area contributed by atoms with Crippen molar-refractivity contribution in [2.24, 2.45) is 5.14 Å². The van der Waals surface area contributed by atoms with E-state index in [0.717, 1.165) is 12.8 Å². The van der Waals surface area contributed by atoms with Crippen molar-refractivity contribution in [2.75, 3.05) is 0 Å². The Morgan fingerprint density at radius 3 is 2.86 bits per heavy atom. The van der Waals surface area contributed by atoms with Gasteiger partial charge in [0.1, 0.15) is 10.6 Å². The van der Waals surface area contributed by atoms with Crippen LogP contribution < -0.4 is 9.88 Å². The predicted octanol–water partition coefficient (Wildman–Crippen LogP) is 1.83. The first kappa shape index (κ1) is 14.3.